The Hall–Kier alpha value is -1.80. The van der Waals surface area contributed by atoms with Crippen molar-refractivity contribution in [3.63, 3.8) is 0 Å². The first-order chi connectivity index (χ1) is 24.9. The minimum atomic E-state index is -4.28. The van der Waals surface area contributed by atoms with Crippen LogP contribution in [0.25, 0.3) is 0 Å². The van der Waals surface area contributed by atoms with Gasteiger partial charge >= 0.3 is 13.8 Å². The lowest BCUT2D eigenvalue weighted by atomic mass is 10.1. The highest BCUT2D eigenvalue weighted by atomic mass is 31.2. The van der Waals surface area contributed by atoms with Gasteiger partial charge in [-0.2, -0.15) is 0 Å². The highest BCUT2D eigenvalue weighted by Gasteiger charge is 2.25. The number of allylic oxidation sites excluding steroid dienone is 10. The summed E-state index contributed by atoms with van der Waals surface area (Å²) in [6, 6.07) is 0. The molecule has 3 N–H and O–H groups in total. The van der Waals surface area contributed by atoms with E-state index < -0.39 is 13.9 Å². The fourth-order valence-electron chi connectivity index (χ4n) is 5.22. The van der Waals surface area contributed by atoms with Crippen LogP contribution >= 0.6 is 7.82 Å². The number of phosphoric acid groups is 1. The molecular formula is C42H76NO7P. The molecule has 0 aliphatic rings. The van der Waals surface area contributed by atoms with Gasteiger partial charge < -0.3 is 20.1 Å². The van der Waals surface area contributed by atoms with E-state index >= 15 is 0 Å². The van der Waals surface area contributed by atoms with Crippen molar-refractivity contribution < 1.29 is 32.8 Å². The molecule has 0 fully saturated rings. The molecule has 0 amide bonds. The Labute approximate surface area is 313 Å². The summed E-state index contributed by atoms with van der Waals surface area (Å²) in [4.78, 5) is 22.4. The Morgan fingerprint density at radius 1 is 0.608 bits per heavy atom. The Kier molecular flexibility index (Phi) is 38.0. The van der Waals surface area contributed by atoms with E-state index in [1.54, 1.807) is 0 Å². The molecule has 0 heterocycles. The molecule has 9 heteroatoms. The lowest BCUT2D eigenvalue weighted by Gasteiger charge is -2.20. The van der Waals surface area contributed by atoms with Gasteiger partial charge in [-0.3, -0.25) is 13.8 Å². The van der Waals surface area contributed by atoms with E-state index in [9.17, 15) is 14.3 Å². The second-order valence-corrected chi connectivity index (χ2v) is 14.6. The number of carbonyl (C=O) groups excluding carboxylic acids is 1. The van der Waals surface area contributed by atoms with Crippen LogP contribution in [0, 0.1) is 0 Å². The zero-order chi connectivity index (χ0) is 37.4. The maximum absolute atomic E-state index is 12.6. The van der Waals surface area contributed by atoms with Crippen molar-refractivity contribution in [1.29, 1.82) is 0 Å². The molecule has 0 aromatic heterocycles. The predicted octanol–water partition coefficient (Wildman–Crippen LogP) is 11.8. The molecular weight excluding hydrogens is 661 g/mol. The molecule has 296 valence electrons. The average molecular weight is 738 g/mol. The SMILES string of the molecule is CC/C=C\C/C=C\C/C=C\CCCCCCCCOCC(COP(=O)(O)OCCN)OC(=O)CCCCCCC/C=C\C/C=C\CCCCCC. The van der Waals surface area contributed by atoms with Gasteiger partial charge in [0.15, 0.2) is 0 Å². The van der Waals surface area contributed by atoms with E-state index in [-0.39, 0.29) is 32.3 Å². The van der Waals surface area contributed by atoms with Crippen molar-refractivity contribution in [3.05, 3.63) is 60.8 Å². The summed E-state index contributed by atoms with van der Waals surface area (Å²) in [6.45, 7) is 4.73. The zero-order valence-corrected chi connectivity index (χ0v) is 33.5. The van der Waals surface area contributed by atoms with Gasteiger partial charge in [0.1, 0.15) is 6.10 Å². The van der Waals surface area contributed by atoms with E-state index in [1.165, 1.54) is 51.4 Å². The second-order valence-electron chi connectivity index (χ2n) is 13.1. The molecule has 0 spiro atoms. The van der Waals surface area contributed by atoms with E-state index in [2.05, 4.69) is 74.6 Å². The van der Waals surface area contributed by atoms with Gasteiger partial charge in [-0.25, -0.2) is 4.57 Å². The third kappa shape index (κ3) is 39.2. The predicted molar refractivity (Wildman–Crippen MR) is 215 cm³/mol. The molecule has 0 aromatic carbocycles. The number of phosphoric ester groups is 1. The van der Waals surface area contributed by atoms with Crippen molar-refractivity contribution in [2.45, 2.75) is 168 Å². The molecule has 2 atom stereocenters. The summed E-state index contributed by atoms with van der Waals surface area (Å²) in [7, 11) is -4.28. The number of esters is 1. The Bertz CT molecular complexity index is 963. The highest BCUT2D eigenvalue weighted by Crippen LogP contribution is 2.43. The molecule has 0 saturated heterocycles. The Morgan fingerprint density at radius 2 is 1.10 bits per heavy atom. The highest BCUT2D eigenvalue weighted by molar-refractivity contribution is 7.47. The molecule has 8 nitrogen and oxygen atoms in total. The average Bonchev–Trinajstić information content (AvgIpc) is 3.12. The van der Waals surface area contributed by atoms with Crippen LogP contribution in [0.3, 0.4) is 0 Å². The zero-order valence-electron chi connectivity index (χ0n) is 32.6. The maximum atomic E-state index is 12.6. The molecule has 0 aromatic rings. The molecule has 0 bridgehead atoms. The number of hydrogen-bond acceptors (Lipinski definition) is 7. The van der Waals surface area contributed by atoms with Crippen LogP contribution in [0.2, 0.25) is 0 Å². The Balaban J connectivity index is 4.13. The summed E-state index contributed by atoms with van der Waals surface area (Å²) in [5, 5.41) is 0. The van der Waals surface area contributed by atoms with Crippen molar-refractivity contribution >= 4 is 13.8 Å². The second kappa shape index (κ2) is 39.4. The number of hydrogen-bond donors (Lipinski definition) is 2. The summed E-state index contributed by atoms with van der Waals surface area (Å²) < 4.78 is 33.3. The third-order valence-electron chi connectivity index (χ3n) is 8.17. The first-order valence-corrected chi connectivity index (χ1v) is 21.8. The lowest BCUT2D eigenvalue weighted by Crippen LogP contribution is -2.28. The lowest BCUT2D eigenvalue weighted by molar-refractivity contribution is -0.154. The largest absolute Gasteiger partial charge is 0.472 e. The molecule has 0 rings (SSSR count). The molecule has 0 radical (unpaired) electrons. The fraction of sp³-hybridized carbons (Fsp3) is 0.738. The minimum absolute atomic E-state index is 0.0928. The van der Waals surface area contributed by atoms with Gasteiger partial charge in [0.25, 0.3) is 0 Å². The van der Waals surface area contributed by atoms with Crippen LogP contribution < -0.4 is 5.73 Å². The van der Waals surface area contributed by atoms with Gasteiger partial charge in [-0.15, -0.1) is 0 Å². The molecule has 2 unspecified atom stereocenters. The van der Waals surface area contributed by atoms with Gasteiger partial charge in [0.05, 0.1) is 19.8 Å². The summed E-state index contributed by atoms with van der Waals surface area (Å²) >= 11 is 0. The summed E-state index contributed by atoms with van der Waals surface area (Å²) in [5.74, 6) is -0.352. The van der Waals surface area contributed by atoms with Crippen molar-refractivity contribution in [1.82, 2.24) is 0 Å². The van der Waals surface area contributed by atoms with E-state index in [1.807, 2.05) is 0 Å². The molecule has 0 aliphatic heterocycles. The third-order valence-corrected chi connectivity index (χ3v) is 9.15. The monoisotopic (exact) mass is 738 g/mol. The van der Waals surface area contributed by atoms with Crippen molar-refractivity contribution in [2.24, 2.45) is 5.73 Å². The normalized spacial score (nSPS) is 14.2. The van der Waals surface area contributed by atoms with Crippen LogP contribution in [-0.4, -0.2) is 49.9 Å². The van der Waals surface area contributed by atoms with Gasteiger partial charge in [0.2, 0.25) is 0 Å². The van der Waals surface area contributed by atoms with Crippen LogP contribution in [0.15, 0.2) is 60.8 Å². The number of rotatable bonds is 38. The molecule has 0 aliphatic carbocycles. The van der Waals surface area contributed by atoms with Crippen molar-refractivity contribution in [3.8, 4) is 0 Å². The van der Waals surface area contributed by atoms with E-state index in [4.69, 9.17) is 24.3 Å². The van der Waals surface area contributed by atoms with Crippen LogP contribution in [0.4, 0.5) is 0 Å². The molecule has 0 saturated carbocycles. The minimum Gasteiger partial charge on any atom is -0.457 e. The quantitative estimate of drug-likeness (QED) is 0.0278. The van der Waals surface area contributed by atoms with Crippen LogP contribution in [0.1, 0.15) is 162 Å². The number of nitrogens with two attached hydrogens (primary N) is 1. The van der Waals surface area contributed by atoms with Crippen LogP contribution in [-0.2, 0) is 27.9 Å². The maximum Gasteiger partial charge on any atom is 0.472 e. The number of ether oxygens (including phenoxy) is 2. The van der Waals surface area contributed by atoms with Crippen LogP contribution in [0.5, 0.6) is 0 Å². The van der Waals surface area contributed by atoms with Gasteiger partial charge in [-0.1, -0.05) is 139 Å². The fourth-order valence-corrected chi connectivity index (χ4v) is 5.98. The first-order valence-electron chi connectivity index (χ1n) is 20.3. The summed E-state index contributed by atoms with van der Waals surface area (Å²) in [5.41, 5.74) is 5.36. The standard InChI is InChI=1S/C42H76NO7P/c1-3-5-7-9-11-13-15-17-19-21-23-25-27-29-31-33-35-42(44)50-41(40-49-51(45,46)48-38-36-43)39-47-37-34-32-30-28-26-24-22-20-18-16-14-12-10-8-6-4-2/h6,8,12-15,18-21,41H,3-5,7,9-11,16-17,22-40,43H2,1-2H3,(H,45,46)/b8-6-,14-12-,15-13-,20-18-,21-19-. The Morgan fingerprint density at radius 3 is 1.65 bits per heavy atom. The smallest absolute Gasteiger partial charge is 0.457 e. The number of unbranched alkanes of at least 4 members (excludes halogenated alkanes) is 15. The van der Waals surface area contributed by atoms with E-state index in [0.29, 0.717) is 13.0 Å². The van der Waals surface area contributed by atoms with Gasteiger partial charge in [0, 0.05) is 19.6 Å². The first kappa shape index (κ1) is 49.2. The summed E-state index contributed by atoms with van der Waals surface area (Å²) in [6.07, 6.45) is 46.6. The topological polar surface area (TPSA) is 117 Å². The molecule has 51 heavy (non-hydrogen) atoms. The van der Waals surface area contributed by atoms with Crippen molar-refractivity contribution in [2.75, 3.05) is 33.0 Å². The van der Waals surface area contributed by atoms with E-state index in [0.717, 1.165) is 89.9 Å². The van der Waals surface area contributed by atoms with Gasteiger partial charge in [-0.05, 0) is 77.0 Å². The number of carbonyl (C=O) groups is 1.